The Morgan fingerprint density at radius 1 is 0.344 bits per heavy atom. The fourth-order valence-electron chi connectivity index (χ4n) is 6.98. The van der Waals surface area contributed by atoms with Crippen LogP contribution in [0.2, 0.25) is 0 Å². The molecule has 64 heavy (non-hydrogen) atoms. The lowest BCUT2D eigenvalue weighted by Gasteiger charge is -2.18. The molecule has 0 heterocycles. The lowest BCUT2D eigenvalue weighted by molar-refractivity contribution is -0.166. The van der Waals surface area contributed by atoms with Crippen molar-refractivity contribution in [3.8, 4) is 0 Å². The molecule has 0 aliphatic heterocycles. The van der Waals surface area contributed by atoms with Crippen molar-refractivity contribution in [2.24, 2.45) is 0 Å². The third-order valence-corrected chi connectivity index (χ3v) is 10.9. The highest BCUT2D eigenvalue weighted by Crippen LogP contribution is 2.13. The van der Waals surface area contributed by atoms with Gasteiger partial charge in [-0.25, -0.2) is 0 Å². The number of hydrogen-bond acceptors (Lipinski definition) is 6. The maximum Gasteiger partial charge on any atom is 0.306 e. The zero-order chi connectivity index (χ0) is 46.5. The van der Waals surface area contributed by atoms with Gasteiger partial charge >= 0.3 is 17.9 Å². The van der Waals surface area contributed by atoms with Crippen molar-refractivity contribution in [2.45, 2.75) is 239 Å². The Kier molecular flexibility index (Phi) is 49.0. The van der Waals surface area contributed by atoms with E-state index in [2.05, 4.69) is 63.3 Å². The van der Waals surface area contributed by atoms with Crippen LogP contribution in [-0.4, -0.2) is 37.2 Å². The van der Waals surface area contributed by atoms with Gasteiger partial charge in [-0.15, -0.1) is 0 Å². The van der Waals surface area contributed by atoms with Gasteiger partial charge in [-0.05, 0) is 83.5 Å². The molecular weight excluding hydrogens is 793 g/mol. The predicted octanol–water partition coefficient (Wildman–Crippen LogP) is 17.4. The van der Waals surface area contributed by atoms with Gasteiger partial charge in [0.15, 0.2) is 6.10 Å². The molecule has 0 aromatic carbocycles. The van der Waals surface area contributed by atoms with E-state index in [4.69, 9.17) is 14.2 Å². The van der Waals surface area contributed by atoms with Crippen molar-refractivity contribution in [2.75, 3.05) is 13.2 Å². The molecule has 0 N–H and O–H groups in total. The highest BCUT2D eigenvalue weighted by molar-refractivity contribution is 5.71. The second-order valence-corrected chi connectivity index (χ2v) is 17.2. The molecule has 6 nitrogen and oxygen atoms in total. The van der Waals surface area contributed by atoms with Crippen LogP contribution in [-0.2, 0) is 28.6 Å². The van der Waals surface area contributed by atoms with Gasteiger partial charge in [0, 0.05) is 19.3 Å². The van der Waals surface area contributed by atoms with Gasteiger partial charge in [0.25, 0.3) is 0 Å². The van der Waals surface area contributed by atoms with E-state index >= 15 is 0 Å². The molecule has 0 aromatic heterocycles. The quantitative estimate of drug-likeness (QED) is 0.0199. The summed E-state index contributed by atoms with van der Waals surface area (Å²) in [6.07, 6.45) is 68.3. The van der Waals surface area contributed by atoms with E-state index in [0.717, 1.165) is 70.6 Å². The summed E-state index contributed by atoms with van der Waals surface area (Å²) in [6, 6.07) is 0. The van der Waals surface area contributed by atoms with E-state index in [1.165, 1.54) is 109 Å². The minimum absolute atomic E-state index is 0.117. The molecule has 0 rings (SSSR count). The Morgan fingerprint density at radius 2 is 0.703 bits per heavy atom. The van der Waals surface area contributed by atoms with E-state index in [1.54, 1.807) is 0 Å². The second-order valence-electron chi connectivity index (χ2n) is 17.2. The standard InChI is InChI=1S/C58H96O6/c1-4-7-10-13-16-19-22-25-27-28-29-31-33-36-39-42-45-48-51-57(60)63-54-55(53-62-56(59)50-47-44-41-38-35-32-24-21-18-15-12-9-6-3)64-58(61)52-49-46-43-40-37-34-30-26-23-20-17-14-11-8-5-2/h8,11,14,17,20,23,26,29-32,34-35,37,41,44,55H,4-7,9-10,12-13,15-16,18-19,21-22,24-25,27-28,33,36,38-40,42-43,45-54H2,1-3H3/b11-8-,17-14-,23-20-,30-26-,31-29-,35-32-,37-34-,44-41-. The van der Waals surface area contributed by atoms with E-state index in [1.807, 2.05) is 54.7 Å². The molecule has 1 unspecified atom stereocenters. The summed E-state index contributed by atoms with van der Waals surface area (Å²) < 4.78 is 16.7. The number of esters is 3. The first kappa shape index (κ1) is 60.3. The molecule has 0 aliphatic carbocycles. The molecule has 0 aromatic rings. The number of allylic oxidation sites excluding steroid dienone is 16. The molecule has 0 aliphatic rings. The SMILES string of the molecule is CC\C=C/C=C\C=C/C=C\C=C/CCCCCC(=O)OC(COC(=O)CC/C=C\C/C=C\CCCCCCCC)COC(=O)CCCCCCC/C=C\CCCCCCCCCCC. The van der Waals surface area contributed by atoms with Gasteiger partial charge in [-0.1, -0.05) is 227 Å². The Bertz CT molecular complexity index is 1300. The van der Waals surface area contributed by atoms with Crippen LogP contribution < -0.4 is 0 Å². The third kappa shape index (κ3) is 49.3. The first-order chi connectivity index (χ1) is 31.5. The van der Waals surface area contributed by atoms with E-state index < -0.39 is 6.10 Å². The lowest BCUT2D eigenvalue weighted by Crippen LogP contribution is -2.30. The monoisotopic (exact) mass is 889 g/mol. The van der Waals surface area contributed by atoms with Gasteiger partial charge in [0.1, 0.15) is 13.2 Å². The summed E-state index contributed by atoms with van der Waals surface area (Å²) >= 11 is 0. The zero-order valence-corrected chi connectivity index (χ0v) is 41.5. The van der Waals surface area contributed by atoms with Crippen molar-refractivity contribution in [1.29, 1.82) is 0 Å². The summed E-state index contributed by atoms with van der Waals surface area (Å²) in [5.41, 5.74) is 0. The van der Waals surface area contributed by atoms with Crippen LogP contribution >= 0.6 is 0 Å². The molecule has 0 radical (unpaired) electrons. The van der Waals surface area contributed by atoms with Crippen molar-refractivity contribution >= 4 is 17.9 Å². The van der Waals surface area contributed by atoms with Crippen LogP contribution in [0.4, 0.5) is 0 Å². The first-order valence-corrected chi connectivity index (χ1v) is 26.3. The van der Waals surface area contributed by atoms with Crippen molar-refractivity contribution in [3.05, 3.63) is 97.2 Å². The topological polar surface area (TPSA) is 78.9 Å². The number of unbranched alkanes of at least 4 members (excludes halogenated alkanes) is 23. The number of ether oxygens (including phenoxy) is 3. The maximum atomic E-state index is 12.8. The van der Waals surface area contributed by atoms with Crippen LogP contribution in [0.5, 0.6) is 0 Å². The van der Waals surface area contributed by atoms with Gasteiger partial charge in [-0.3, -0.25) is 14.4 Å². The van der Waals surface area contributed by atoms with Gasteiger partial charge < -0.3 is 14.2 Å². The second kappa shape index (κ2) is 52.0. The number of hydrogen-bond donors (Lipinski definition) is 0. The van der Waals surface area contributed by atoms with Crippen LogP contribution in [0.3, 0.4) is 0 Å². The van der Waals surface area contributed by atoms with Crippen LogP contribution in [0, 0.1) is 0 Å². The summed E-state index contributed by atoms with van der Waals surface area (Å²) in [5.74, 6) is -1.04. The van der Waals surface area contributed by atoms with E-state index in [-0.39, 0.29) is 44.0 Å². The molecule has 0 amide bonds. The summed E-state index contributed by atoms with van der Waals surface area (Å²) in [4.78, 5) is 37.9. The predicted molar refractivity (Wildman–Crippen MR) is 274 cm³/mol. The summed E-state index contributed by atoms with van der Waals surface area (Å²) in [7, 11) is 0. The highest BCUT2D eigenvalue weighted by atomic mass is 16.6. The summed E-state index contributed by atoms with van der Waals surface area (Å²) in [5, 5.41) is 0. The molecule has 6 heteroatoms. The molecule has 0 spiro atoms. The number of carbonyl (C=O) groups excluding carboxylic acids is 3. The maximum absolute atomic E-state index is 12.8. The van der Waals surface area contributed by atoms with Crippen molar-refractivity contribution in [1.82, 2.24) is 0 Å². The molecule has 1 atom stereocenters. The van der Waals surface area contributed by atoms with Gasteiger partial charge in [0.2, 0.25) is 0 Å². The minimum Gasteiger partial charge on any atom is -0.462 e. The first-order valence-electron chi connectivity index (χ1n) is 26.3. The van der Waals surface area contributed by atoms with Crippen molar-refractivity contribution in [3.63, 3.8) is 0 Å². The van der Waals surface area contributed by atoms with Gasteiger partial charge in [-0.2, -0.15) is 0 Å². The fourth-order valence-corrected chi connectivity index (χ4v) is 6.98. The normalized spacial score (nSPS) is 12.9. The number of carbonyl (C=O) groups is 3. The Labute approximate surface area is 394 Å². The molecular formula is C58H96O6. The Balaban J connectivity index is 4.51. The van der Waals surface area contributed by atoms with Crippen LogP contribution in [0.1, 0.15) is 233 Å². The average molecular weight is 889 g/mol. The molecule has 0 fully saturated rings. The Hall–Kier alpha value is -3.67. The van der Waals surface area contributed by atoms with E-state index in [0.29, 0.717) is 19.3 Å². The molecule has 364 valence electrons. The third-order valence-electron chi connectivity index (χ3n) is 10.9. The summed E-state index contributed by atoms with van der Waals surface area (Å²) in [6.45, 7) is 6.39. The van der Waals surface area contributed by atoms with E-state index in [9.17, 15) is 14.4 Å². The average Bonchev–Trinajstić information content (AvgIpc) is 3.29. The minimum atomic E-state index is -0.826. The van der Waals surface area contributed by atoms with Crippen LogP contribution in [0.15, 0.2) is 97.2 Å². The fraction of sp³-hybridized carbons (Fsp3) is 0.672. The molecule has 0 saturated heterocycles. The lowest BCUT2D eigenvalue weighted by atomic mass is 10.1. The van der Waals surface area contributed by atoms with Crippen LogP contribution in [0.25, 0.3) is 0 Å². The molecule has 0 bridgehead atoms. The Morgan fingerprint density at radius 3 is 1.20 bits per heavy atom. The number of rotatable bonds is 46. The highest BCUT2D eigenvalue weighted by Gasteiger charge is 2.19. The largest absolute Gasteiger partial charge is 0.462 e. The van der Waals surface area contributed by atoms with Crippen molar-refractivity contribution < 1.29 is 28.6 Å². The zero-order valence-electron chi connectivity index (χ0n) is 41.5. The van der Waals surface area contributed by atoms with Gasteiger partial charge in [0.05, 0.1) is 0 Å². The molecule has 0 saturated carbocycles. The smallest absolute Gasteiger partial charge is 0.306 e.